The van der Waals surface area contributed by atoms with Gasteiger partial charge < -0.3 is 10.1 Å². The minimum absolute atomic E-state index is 0.0909. The van der Waals surface area contributed by atoms with Gasteiger partial charge in [0.05, 0.1) is 17.4 Å². The molecule has 1 unspecified atom stereocenters. The first-order valence-corrected chi connectivity index (χ1v) is 7.37. The van der Waals surface area contributed by atoms with E-state index in [1.165, 1.54) is 0 Å². The van der Waals surface area contributed by atoms with Crippen LogP contribution in [0.3, 0.4) is 0 Å². The van der Waals surface area contributed by atoms with E-state index in [1.807, 2.05) is 0 Å². The Bertz CT molecular complexity index is 478. The maximum atomic E-state index is 11.3. The van der Waals surface area contributed by atoms with Crippen LogP contribution >= 0.6 is 0 Å². The van der Waals surface area contributed by atoms with E-state index in [1.54, 1.807) is 18.5 Å². The fourth-order valence-electron chi connectivity index (χ4n) is 2.39. The van der Waals surface area contributed by atoms with Gasteiger partial charge in [-0.3, -0.25) is 4.79 Å². The largest absolute Gasteiger partial charge is 0.481 e. The molecule has 1 fully saturated rings. The molecule has 1 aromatic rings. The third-order valence-corrected chi connectivity index (χ3v) is 5.03. The van der Waals surface area contributed by atoms with E-state index in [-0.39, 0.29) is 17.4 Å². The van der Waals surface area contributed by atoms with Gasteiger partial charge in [-0.25, -0.2) is 8.42 Å². The Balaban J connectivity index is 2.17. The van der Waals surface area contributed by atoms with Crippen molar-refractivity contribution in [3.63, 3.8) is 0 Å². The summed E-state index contributed by atoms with van der Waals surface area (Å²) in [5.74, 6) is -1.37. The second kappa shape index (κ2) is 4.52. The van der Waals surface area contributed by atoms with Crippen LogP contribution in [0, 0.1) is 5.92 Å². The Labute approximate surface area is 99.8 Å². The molecule has 1 atom stereocenters. The van der Waals surface area contributed by atoms with Crippen molar-refractivity contribution in [2.24, 2.45) is 5.92 Å². The number of aromatic amines is 1. The normalized spacial score (nSPS) is 22.1. The lowest BCUT2D eigenvalue weighted by atomic mass is 9.83. The molecule has 6 heteroatoms. The molecule has 0 amide bonds. The SMILES string of the molecule is O=C(O)C(c1cc[nH]c1)C1CCS(=O)(=O)CC1. The highest BCUT2D eigenvalue weighted by molar-refractivity contribution is 7.91. The molecule has 2 N–H and O–H groups in total. The smallest absolute Gasteiger partial charge is 0.311 e. The van der Waals surface area contributed by atoms with Crippen molar-refractivity contribution in [3.8, 4) is 0 Å². The zero-order valence-electron chi connectivity index (χ0n) is 9.30. The van der Waals surface area contributed by atoms with Gasteiger partial charge in [0.1, 0.15) is 9.84 Å². The van der Waals surface area contributed by atoms with Gasteiger partial charge >= 0.3 is 5.97 Å². The lowest BCUT2D eigenvalue weighted by Crippen LogP contribution is -2.30. The van der Waals surface area contributed by atoms with Gasteiger partial charge in [0.25, 0.3) is 0 Å². The van der Waals surface area contributed by atoms with Gasteiger partial charge in [0.2, 0.25) is 0 Å². The zero-order chi connectivity index (χ0) is 12.5. The number of hydrogen-bond acceptors (Lipinski definition) is 3. The number of aromatic nitrogens is 1. The lowest BCUT2D eigenvalue weighted by Gasteiger charge is -2.26. The number of aliphatic carboxylic acids is 1. The Hall–Kier alpha value is -1.30. The van der Waals surface area contributed by atoms with Crippen molar-refractivity contribution >= 4 is 15.8 Å². The number of carboxylic acids is 1. The van der Waals surface area contributed by atoms with Crippen LogP contribution in [-0.2, 0) is 14.6 Å². The molecule has 5 nitrogen and oxygen atoms in total. The van der Waals surface area contributed by atoms with Crippen molar-refractivity contribution in [3.05, 3.63) is 24.0 Å². The van der Waals surface area contributed by atoms with Gasteiger partial charge in [-0.15, -0.1) is 0 Å². The minimum Gasteiger partial charge on any atom is -0.481 e. The Kier molecular flexibility index (Phi) is 3.24. The maximum absolute atomic E-state index is 11.3. The van der Waals surface area contributed by atoms with Gasteiger partial charge in [0.15, 0.2) is 0 Å². The summed E-state index contributed by atoms with van der Waals surface area (Å²) in [7, 11) is -2.94. The molecular weight excluding hydrogens is 242 g/mol. The second-order valence-electron chi connectivity index (χ2n) is 4.45. The van der Waals surface area contributed by atoms with Crippen LogP contribution in [0.1, 0.15) is 24.3 Å². The third kappa shape index (κ3) is 2.69. The summed E-state index contributed by atoms with van der Waals surface area (Å²) < 4.78 is 22.6. The summed E-state index contributed by atoms with van der Waals surface area (Å²) in [4.78, 5) is 14.1. The van der Waals surface area contributed by atoms with Crippen LogP contribution in [0.25, 0.3) is 0 Å². The first-order valence-electron chi connectivity index (χ1n) is 5.55. The van der Waals surface area contributed by atoms with E-state index in [9.17, 15) is 18.3 Å². The second-order valence-corrected chi connectivity index (χ2v) is 6.75. The lowest BCUT2D eigenvalue weighted by molar-refractivity contribution is -0.140. The molecule has 2 rings (SSSR count). The Morgan fingerprint density at radius 1 is 1.41 bits per heavy atom. The average Bonchev–Trinajstić information content (AvgIpc) is 2.74. The molecule has 1 aliphatic heterocycles. The summed E-state index contributed by atoms with van der Waals surface area (Å²) in [6.45, 7) is 0. The number of carboxylic acid groups (broad SMARTS) is 1. The third-order valence-electron chi connectivity index (χ3n) is 3.32. The van der Waals surface area contributed by atoms with E-state index in [0.29, 0.717) is 12.8 Å². The fourth-order valence-corrected chi connectivity index (χ4v) is 3.92. The van der Waals surface area contributed by atoms with Crippen molar-refractivity contribution in [2.75, 3.05) is 11.5 Å². The monoisotopic (exact) mass is 257 g/mol. The number of carbonyl (C=O) groups is 1. The highest BCUT2D eigenvalue weighted by atomic mass is 32.2. The summed E-state index contributed by atoms with van der Waals surface area (Å²) in [5, 5.41) is 9.26. The summed E-state index contributed by atoms with van der Waals surface area (Å²) in [6, 6.07) is 1.74. The van der Waals surface area contributed by atoms with E-state index >= 15 is 0 Å². The predicted molar refractivity (Wildman–Crippen MR) is 62.5 cm³/mol. The quantitative estimate of drug-likeness (QED) is 0.846. The molecule has 0 radical (unpaired) electrons. The molecule has 17 heavy (non-hydrogen) atoms. The molecule has 0 aliphatic carbocycles. The molecule has 0 aromatic carbocycles. The number of H-pyrrole nitrogens is 1. The first kappa shape index (κ1) is 12.2. The van der Waals surface area contributed by atoms with E-state index in [0.717, 1.165) is 5.56 Å². The van der Waals surface area contributed by atoms with Gasteiger partial charge in [0, 0.05) is 12.4 Å². The van der Waals surface area contributed by atoms with Crippen molar-refractivity contribution in [1.29, 1.82) is 0 Å². The Morgan fingerprint density at radius 2 is 2.06 bits per heavy atom. The average molecular weight is 257 g/mol. The number of sulfone groups is 1. The van der Waals surface area contributed by atoms with Crippen LogP contribution < -0.4 is 0 Å². The number of rotatable bonds is 3. The van der Waals surface area contributed by atoms with E-state index < -0.39 is 21.7 Å². The van der Waals surface area contributed by atoms with Gasteiger partial charge in [-0.05, 0) is 30.4 Å². The first-order chi connectivity index (χ1) is 7.99. The van der Waals surface area contributed by atoms with Crippen molar-refractivity contribution in [2.45, 2.75) is 18.8 Å². The number of hydrogen-bond donors (Lipinski definition) is 2. The molecule has 1 aromatic heterocycles. The number of nitrogens with one attached hydrogen (secondary N) is 1. The van der Waals surface area contributed by atoms with Crippen molar-refractivity contribution < 1.29 is 18.3 Å². The zero-order valence-corrected chi connectivity index (χ0v) is 10.1. The Morgan fingerprint density at radius 3 is 2.53 bits per heavy atom. The van der Waals surface area contributed by atoms with Crippen LogP contribution in [0.4, 0.5) is 0 Å². The van der Waals surface area contributed by atoms with Crippen molar-refractivity contribution in [1.82, 2.24) is 4.98 Å². The summed E-state index contributed by atoms with van der Waals surface area (Å²) >= 11 is 0. The molecule has 2 heterocycles. The molecule has 0 bridgehead atoms. The van der Waals surface area contributed by atoms with E-state index in [4.69, 9.17) is 0 Å². The van der Waals surface area contributed by atoms with Gasteiger partial charge in [-0.1, -0.05) is 0 Å². The fraction of sp³-hybridized carbons (Fsp3) is 0.545. The molecule has 1 saturated heterocycles. The highest BCUT2D eigenvalue weighted by Gasteiger charge is 2.34. The van der Waals surface area contributed by atoms with Crippen LogP contribution in [0.2, 0.25) is 0 Å². The standard InChI is InChI=1S/C11H15NO4S/c13-11(14)10(9-1-4-12-7-9)8-2-5-17(15,16)6-3-8/h1,4,7-8,10,12H,2-3,5-6H2,(H,13,14). The summed E-state index contributed by atoms with van der Waals surface area (Å²) in [6.07, 6.45) is 4.22. The maximum Gasteiger partial charge on any atom is 0.311 e. The molecule has 0 saturated carbocycles. The minimum atomic E-state index is -2.94. The molecule has 1 aliphatic rings. The molecule has 0 spiro atoms. The topological polar surface area (TPSA) is 87.2 Å². The van der Waals surface area contributed by atoms with Crippen LogP contribution in [0.5, 0.6) is 0 Å². The highest BCUT2D eigenvalue weighted by Crippen LogP contribution is 2.33. The van der Waals surface area contributed by atoms with Crippen LogP contribution in [-0.4, -0.2) is 36.0 Å². The van der Waals surface area contributed by atoms with Gasteiger partial charge in [-0.2, -0.15) is 0 Å². The predicted octanol–water partition coefficient (Wildman–Crippen LogP) is 1.01. The molecule has 94 valence electrons. The van der Waals surface area contributed by atoms with Crippen LogP contribution in [0.15, 0.2) is 18.5 Å². The van der Waals surface area contributed by atoms with E-state index in [2.05, 4.69) is 4.98 Å². The summed E-state index contributed by atoms with van der Waals surface area (Å²) in [5.41, 5.74) is 0.724. The molecular formula is C11H15NO4S.